The molecule has 0 amide bonds. The van der Waals surface area contributed by atoms with Crippen molar-refractivity contribution >= 4 is 21.4 Å². The van der Waals surface area contributed by atoms with Crippen LogP contribution in [0.4, 0.5) is 0 Å². The smallest absolute Gasteiger partial charge is 0.241 e. The van der Waals surface area contributed by atoms with Gasteiger partial charge in [-0.15, -0.1) is 11.3 Å². The van der Waals surface area contributed by atoms with E-state index in [1.807, 2.05) is 25.4 Å². The Hall–Kier alpha value is -1.28. The molecule has 2 aromatic rings. The second-order valence-electron chi connectivity index (χ2n) is 4.78. The van der Waals surface area contributed by atoms with Gasteiger partial charge in [-0.1, -0.05) is 12.1 Å². The quantitative estimate of drug-likeness (QED) is 0.854. The average molecular weight is 325 g/mol. The van der Waals surface area contributed by atoms with Crippen LogP contribution in [0.15, 0.2) is 34.7 Å². The molecule has 2 N–H and O–H groups in total. The summed E-state index contributed by atoms with van der Waals surface area (Å²) in [7, 11) is -1.73. The molecule has 1 aromatic carbocycles. The molecule has 5 nitrogen and oxygen atoms in total. The Morgan fingerprint density at radius 1 is 1.38 bits per heavy atom. The summed E-state index contributed by atoms with van der Waals surface area (Å²) in [6.07, 6.45) is 1.67. The molecular formula is C14H19N3O2S2. The van der Waals surface area contributed by atoms with Crippen LogP contribution < -0.4 is 10.0 Å². The molecular weight excluding hydrogens is 306 g/mol. The van der Waals surface area contributed by atoms with E-state index in [4.69, 9.17) is 0 Å². The molecule has 2 rings (SSSR count). The van der Waals surface area contributed by atoms with Gasteiger partial charge in [0.15, 0.2) is 0 Å². The summed E-state index contributed by atoms with van der Waals surface area (Å²) in [5.74, 6) is 0. The minimum absolute atomic E-state index is 0.318. The van der Waals surface area contributed by atoms with Crippen molar-refractivity contribution in [3.8, 4) is 0 Å². The summed E-state index contributed by atoms with van der Waals surface area (Å²) in [4.78, 5) is 4.46. The standard InChI is InChI=1S/C14H19N3O2S2/c1-10-12(9-15-3)5-4-6-13(10)21(18,19)17-11(2)14-16-7-8-20-14/h4-8,11,15,17H,9H2,1-3H3. The number of aromatic nitrogens is 1. The molecule has 114 valence electrons. The van der Waals surface area contributed by atoms with Crippen molar-refractivity contribution in [2.75, 3.05) is 7.05 Å². The molecule has 0 spiro atoms. The second-order valence-corrected chi connectivity index (χ2v) is 7.39. The maximum Gasteiger partial charge on any atom is 0.241 e. The van der Waals surface area contributed by atoms with Gasteiger partial charge in [-0.05, 0) is 38.1 Å². The van der Waals surface area contributed by atoms with Gasteiger partial charge in [-0.3, -0.25) is 0 Å². The van der Waals surface area contributed by atoms with Crippen molar-refractivity contribution < 1.29 is 8.42 Å². The molecule has 0 aliphatic carbocycles. The maximum atomic E-state index is 12.6. The number of nitrogens with one attached hydrogen (secondary N) is 2. The van der Waals surface area contributed by atoms with E-state index < -0.39 is 10.0 Å². The lowest BCUT2D eigenvalue weighted by atomic mass is 10.1. The molecule has 0 aliphatic rings. The van der Waals surface area contributed by atoms with Crippen molar-refractivity contribution in [2.24, 2.45) is 0 Å². The number of sulfonamides is 1. The van der Waals surface area contributed by atoms with E-state index in [1.165, 1.54) is 11.3 Å². The lowest BCUT2D eigenvalue weighted by Crippen LogP contribution is -2.27. The second kappa shape index (κ2) is 6.65. The molecule has 1 aromatic heterocycles. The van der Waals surface area contributed by atoms with E-state index >= 15 is 0 Å². The van der Waals surface area contributed by atoms with Gasteiger partial charge in [0.05, 0.1) is 10.9 Å². The number of nitrogens with zero attached hydrogens (tertiary/aromatic N) is 1. The summed E-state index contributed by atoms with van der Waals surface area (Å²) in [5.41, 5.74) is 1.74. The Bertz CT molecular complexity index is 697. The van der Waals surface area contributed by atoms with Gasteiger partial charge < -0.3 is 5.32 Å². The first-order valence-corrected chi connectivity index (χ1v) is 8.97. The Balaban J connectivity index is 2.29. The fourth-order valence-electron chi connectivity index (χ4n) is 2.13. The van der Waals surface area contributed by atoms with E-state index in [0.29, 0.717) is 11.4 Å². The van der Waals surface area contributed by atoms with Gasteiger partial charge in [-0.25, -0.2) is 18.1 Å². The molecule has 1 atom stereocenters. The third-order valence-corrected chi connectivity index (χ3v) is 5.85. The van der Waals surface area contributed by atoms with Crippen LogP contribution in [0.3, 0.4) is 0 Å². The Morgan fingerprint density at radius 3 is 2.76 bits per heavy atom. The van der Waals surface area contributed by atoms with E-state index in [-0.39, 0.29) is 6.04 Å². The van der Waals surface area contributed by atoms with Gasteiger partial charge in [0.2, 0.25) is 10.0 Å². The number of hydrogen-bond acceptors (Lipinski definition) is 5. The van der Waals surface area contributed by atoms with E-state index in [9.17, 15) is 8.42 Å². The highest BCUT2D eigenvalue weighted by molar-refractivity contribution is 7.89. The summed E-state index contributed by atoms with van der Waals surface area (Å²) in [6, 6.07) is 4.98. The molecule has 0 bridgehead atoms. The van der Waals surface area contributed by atoms with Crippen molar-refractivity contribution in [2.45, 2.75) is 31.3 Å². The summed E-state index contributed by atoms with van der Waals surface area (Å²) in [6.45, 7) is 4.26. The minimum atomic E-state index is -3.57. The van der Waals surface area contributed by atoms with E-state index in [2.05, 4.69) is 15.0 Å². The molecule has 0 fully saturated rings. The Morgan fingerprint density at radius 2 is 2.14 bits per heavy atom. The molecule has 0 saturated heterocycles. The van der Waals surface area contributed by atoms with Gasteiger partial charge in [0.1, 0.15) is 5.01 Å². The summed E-state index contributed by atoms with van der Waals surface area (Å²) < 4.78 is 27.8. The SMILES string of the molecule is CNCc1cccc(S(=O)(=O)NC(C)c2nccs2)c1C. The highest BCUT2D eigenvalue weighted by atomic mass is 32.2. The van der Waals surface area contributed by atoms with Crippen molar-refractivity contribution in [3.63, 3.8) is 0 Å². The van der Waals surface area contributed by atoms with Crippen LogP contribution in [0.1, 0.15) is 29.1 Å². The first kappa shape index (κ1) is 16.1. The average Bonchev–Trinajstić information content (AvgIpc) is 2.94. The van der Waals surface area contributed by atoms with Crippen LogP contribution in [0.2, 0.25) is 0 Å². The highest BCUT2D eigenvalue weighted by Crippen LogP contribution is 2.22. The monoisotopic (exact) mass is 325 g/mol. The lowest BCUT2D eigenvalue weighted by Gasteiger charge is -2.15. The van der Waals surface area contributed by atoms with Gasteiger partial charge in [0, 0.05) is 18.1 Å². The van der Waals surface area contributed by atoms with E-state index in [1.54, 1.807) is 25.3 Å². The highest BCUT2D eigenvalue weighted by Gasteiger charge is 2.22. The van der Waals surface area contributed by atoms with Crippen LogP contribution in [0, 0.1) is 6.92 Å². The van der Waals surface area contributed by atoms with E-state index in [0.717, 1.165) is 16.1 Å². The molecule has 7 heteroatoms. The van der Waals surface area contributed by atoms with Crippen LogP contribution in [-0.4, -0.2) is 20.4 Å². The van der Waals surface area contributed by atoms with Gasteiger partial charge >= 0.3 is 0 Å². The predicted octanol–water partition coefficient (Wildman–Crippen LogP) is 2.21. The topological polar surface area (TPSA) is 71.1 Å². The minimum Gasteiger partial charge on any atom is -0.316 e. The normalized spacial score (nSPS) is 13.3. The molecule has 0 aliphatic heterocycles. The predicted molar refractivity (Wildman–Crippen MR) is 84.8 cm³/mol. The first-order chi connectivity index (χ1) is 9.95. The fourth-order valence-corrected chi connectivity index (χ4v) is 4.34. The lowest BCUT2D eigenvalue weighted by molar-refractivity contribution is 0.565. The zero-order chi connectivity index (χ0) is 15.5. The fraction of sp³-hybridized carbons (Fsp3) is 0.357. The van der Waals surface area contributed by atoms with Crippen LogP contribution in [-0.2, 0) is 16.6 Å². The number of rotatable bonds is 6. The van der Waals surface area contributed by atoms with Crippen LogP contribution in [0.25, 0.3) is 0 Å². The van der Waals surface area contributed by atoms with Crippen molar-refractivity contribution in [1.29, 1.82) is 0 Å². The Kier molecular flexibility index (Phi) is 5.10. The summed E-state index contributed by atoms with van der Waals surface area (Å²) in [5, 5.41) is 5.63. The van der Waals surface area contributed by atoms with Crippen molar-refractivity contribution in [1.82, 2.24) is 15.0 Å². The molecule has 21 heavy (non-hydrogen) atoms. The number of benzene rings is 1. The van der Waals surface area contributed by atoms with Gasteiger partial charge in [-0.2, -0.15) is 0 Å². The van der Waals surface area contributed by atoms with Crippen LogP contribution >= 0.6 is 11.3 Å². The molecule has 1 heterocycles. The van der Waals surface area contributed by atoms with Crippen molar-refractivity contribution in [3.05, 3.63) is 45.9 Å². The first-order valence-electron chi connectivity index (χ1n) is 6.60. The van der Waals surface area contributed by atoms with Crippen LogP contribution in [0.5, 0.6) is 0 Å². The zero-order valence-corrected chi connectivity index (χ0v) is 13.9. The largest absolute Gasteiger partial charge is 0.316 e. The maximum absolute atomic E-state index is 12.6. The van der Waals surface area contributed by atoms with Gasteiger partial charge in [0.25, 0.3) is 0 Å². The third kappa shape index (κ3) is 3.68. The molecule has 0 radical (unpaired) electrons. The molecule has 0 saturated carbocycles. The Labute approximate surface area is 129 Å². The summed E-state index contributed by atoms with van der Waals surface area (Å²) >= 11 is 1.43. The number of thiazole rings is 1. The third-order valence-electron chi connectivity index (χ3n) is 3.21. The number of hydrogen-bond donors (Lipinski definition) is 2. The zero-order valence-electron chi connectivity index (χ0n) is 12.3. The molecule has 1 unspecified atom stereocenters.